The van der Waals surface area contributed by atoms with Gasteiger partial charge in [-0.1, -0.05) is 18.2 Å². The maximum absolute atomic E-state index is 12.7. The van der Waals surface area contributed by atoms with Crippen molar-refractivity contribution in [2.45, 2.75) is 26.0 Å². The molecule has 0 spiro atoms. The van der Waals surface area contributed by atoms with Gasteiger partial charge in [0.1, 0.15) is 12.7 Å². The monoisotopic (exact) mass is 406 g/mol. The van der Waals surface area contributed by atoms with Crippen LogP contribution in [0.2, 0.25) is 0 Å². The quantitative estimate of drug-likeness (QED) is 0.601. The number of aryl methyl sites for hydroxylation is 1. The lowest BCUT2D eigenvalue weighted by atomic mass is 9.92. The largest absolute Gasteiger partial charge is 0.476 e. The highest BCUT2D eigenvalue weighted by molar-refractivity contribution is 5.74. The molecule has 4 rings (SSSR count). The van der Waals surface area contributed by atoms with E-state index in [4.69, 9.17) is 14.2 Å². The lowest BCUT2D eigenvalue weighted by Crippen LogP contribution is -2.28. The zero-order valence-corrected chi connectivity index (χ0v) is 17.6. The Kier molecular flexibility index (Phi) is 5.97. The van der Waals surface area contributed by atoms with E-state index in [0.717, 1.165) is 41.0 Å². The first kappa shape index (κ1) is 20.3. The van der Waals surface area contributed by atoms with Crippen molar-refractivity contribution in [1.82, 2.24) is 9.55 Å². The molecule has 1 aliphatic heterocycles. The number of rotatable bonds is 7. The molecule has 0 saturated carbocycles. The summed E-state index contributed by atoms with van der Waals surface area (Å²) in [6, 6.07) is 13.8. The first-order valence-corrected chi connectivity index (χ1v) is 10.1. The molecule has 156 valence electrons. The molecule has 0 radical (unpaired) electrons. The SMILES string of the molecule is COC[C@@H](COc1cc(=O)c(C)c2n1CCc1cc(-c3ccccn3)ccc1-2)OC. The summed E-state index contributed by atoms with van der Waals surface area (Å²) >= 11 is 0. The summed E-state index contributed by atoms with van der Waals surface area (Å²) in [5, 5.41) is 0. The van der Waals surface area contributed by atoms with Crippen LogP contribution in [-0.2, 0) is 22.4 Å². The third-order valence-corrected chi connectivity index (χ3v) is 5.54. The third-order valence-electron chi connectivity index (χ3n) is 5.54. The average molecular weight is 406 g/mol. The van der Waals surface area contributed by atoms with Crippen molar-refractivity contribution in [3.05, 3.63) is 70.0 Å². The van der Waals surface area contributed by atoms with Crippen LogP contribution in [-0.4, -0.2) is 43.1 Å². The fourth-order valence-electron chi connectivity index (χ4n) is 3.92. The number of ether oxygens (including phenoxy) is 3. The van der Waals surface area contributed by atoms with Gasteiger partial charge in [0.15, 0.2) is 11.3 Å². The zero-order chi connectivity index (χ0) is 21.1. The number of fused-ring (bicyclic) bond motifs is 3. The van der Waals surface area contributed by atoms with E-state index in [0.29, 0.717) is 19.1 Å². The van der Waals surface area contributed by atoms with E-state index >= 15 is 0 Å². The number of nitrogens with zero attached hydrogens (tertiary/aromatic N) is 2. The number of hydrogen-bond donors (Lipinski definition) is 0. The highest BCUT2D eigenvalue weighted by Gasteiger charge is 2.23. The van der Waals surface area contributed by atoms with Gasteiger partial charge in [-0.05, 0) is 37.1 Å². The van der Waals surface area contributed by atoms with Crippen LogP contribution in [0.3, 0.4) is 0 Å². The summed E-state index contributed by atoms with van der Waals surface area (Å²) in [6.45, 7) is 3.37. The number of pyridine rings is 2. The van der Waals surface area contributed by atoms with Crippen molar-refractivity contribution in [2.24, 2.45) is 0 Å². The van der Waals surface area contributed by atoms with E-state index < -0.39 is 0 Å². The molecule has 0 saturated heterocycles. The van der Waals surface area contributed by atoms with E-state index in [2.05, 4.69) is 27.8 Å². The van der Waals surface area contributed by atoms with Crippen molar-refractivity contribution in [3.8, 4) is 28.4 Å². The molecule has 1 aliphatic rings. The van der Waals surface area contributed by atoms with Gasteiger partial charge < -0.3 is 18.8 Å². The molecule has 0 amide bonds. The van der Waals surface area contributed by atoms with Gasteiger partial charge in [-0.2, -0.15) is 0 Å². The Hall–Kier alpha value is -2.96. The smallest absolute Gasteiger partial charge is 0.197 e. The first-order valence-electron chi connectivity index (χ1n) is 10.1. The minimum atomic E-state index is -0.195. The predicted octanol–water partition coefficient (Wildman–Crippen LogP) is 3.48. The first-order chi connectivity index (χ1) is 14.6. The fourth-order valence-corrected chi connectivity index (χ4v) is 3.92. The van der Waals surface area contributed by atoms with E-state index in [-0.39, 0.29) is 11.5 Å². The van der Waals surface area contributed by atoms with Gasteiger partial charge in [-0.25, -0.2) is 0 Å². The maximum Gasteiger partial charge on any atom is 0.197 e. The maximum atomic E-state index is 12.7. The summed E-state index contributed by atoms with van der Waals surface area (Å²) in [6.07, 6.45) is 2.46. The number of benzene rings is 1. The molecule has 0 unspecified atom stereocenters. The average Bonchev–Trinajstić information content (AvgIpc) is 2.79. The number of hydrogen-bond acceptors (Lipinski definition) is 5. The lowest BCUT2D eigenvalue weighted by Gasteiger charge is -2.27. The molecule has 0 N–H and O–H groups in total. The minimum absolute atomic E-state index is 0.0291. The second kappa shape index (κ2) is 8.81. The number of methoxy groups -OCH3 is 2. The Morgan fingerprint density at radius 3 is 2.73 bits per heavy atom. The summed E-state index contributed by atoms with van der Waals surface area (Å²) in [5.41, 5.74) is 5.94. The van der Waals surface area contributed by atoms with Crippen molar-refractivity contribution >= 4 is 0 Å². The third kappa shape index (κ3) is 3.88. The summed E-state index contributed by atoms with van der Waals surface area (Å²) in [5.74, 6) is 0.568. The minimum Gasteiger partial charge on any atom is -0.476 e. The van der Waals surface area contributed by atoms with Gasteiger partial charge in [0.2, 0.25) is 0 Å². The van der Waals surface area contributed by atoms with Gasteiger partial charge in [0.25, 0.3) is 0 Å². The molecule has 2 aromatic heterocycles. The molecule has 0 bridgehead atoms. The molecule has 30 heavy (non-hydrogen) atoms. The summed E-state index contributed by atoms with van der Waals surface area (Å²) in [4.78, 5) is 17.1. The highest BCUT2D eigenvalue weighted by Crippen LogP contribution is 2.35. The van der Waals surface area contributed by atoms with Crippen LogP contribution >= 0.6 is 0 Å². The van der Waals surface area contributed by atoms with E-state index in [1.54, 1.807) is 26.5 Å². The molecular formula is C24H26N2O4. The molecule has 0 fully saturated rings. The van der Waals surface area contributed by atoms with E-state index in [9.17, 15) is 4.79 Å². The van der Waals surface area contributed by atoms with Crippen molar-refractivity contribution < 1.29 is 14.2 Å². The summed E-state index contributed by atoms with van der Waals surface area (Å²) < 4.78 is 18.6. The van der Waals surface area contributed by atoms with Gasteiger partial charge in [-0.3, -0.25) is 9.78 Å². The second-order valence-corrected chi connectivity index (χ2v) is 7.43. The molecule has 1 aromatic carbocycles. The number of aromatic nitrogens is 2. The van der Waals surface area contributed by atoms with Crippen LogP contribution in [0, 0.1) is 6.92 Å². The summed E-state index contributed by atoms with van der Waals surface area (Å²) in [7, 11) is 3.25. The predicted molar refractivity (Wildman–Crippen MR) is 116 cm³/mol. The van der Waals surface area contributed by atoms with Crippen LogP contribution in [0.5, 0.6) is 5.88 Å². The molecule has 1 atom stereocenters. The van der Waals surface area contributed by atoms with Gasteiger partial charge in [0, 0.05) is 49.7 Å². The van der Waals surface area contributed by atoms with Crippen LogP contribution in [0.25, 0.3) is 22.5 Å². The molecule has 3 aromatic rings. The Labute approximate surface area is 176 Å². The van der Waals surface area contributed by atoms with Crippen molar-refractivity contribution in [3.63, 3.8) is 0 Å². The van der Waals surface area contributed by atoms with Crippen LogP contribution in [0.15, 0.2) is 53.5 Å². The lowest BCUT2D eigenvalue weighted by molar-refractivity contribution is -0.000948. The molecular weight excluding hydrogens is 380 g/mol. The standard InChI is InChI=1S/C24H26N2O4/c1-16-22(27)13-23(30-15-19(29-3)14-28-2)26-11-9-17-12-18(7-8-20(17)24(16)26)21-6-4-5-10-25-21/h4-8,10,12-13,19H,9,11,14-15H2,1-3H3/t19-/m0/s1. The van der Waals surface area contributed by atoms with Gasteiger partial charge in [0.05, 0.1) is 18.0 Å². The van der Waals surface area contributed by atoms with Gasteiger partial charge >= 0.3 is 0 Å². The molecule has 0 aliphatic carbocycles. The second-order valence-electron chi connectivity index (χ2n) is 7.43. The topological polar surface area (TPSA) is 62.6 Å². The fraction of sp³-hybridized carbons (Fsp3) is 0.333. The Morgan fingerprint density at radius 1 is 1.13 bits per heavy atom. The molecule has 6 heteroatoms. The van der Waals surface area contributed by atoms with Crippen molar-refractivity contribution in [2.75, 3.05) is 27.4 Å². The van der Waals surface area contributed by atoms with Crippen LogP contribution in [0.4, 0.5) is 0 Å². The van der Waals surface area contributed by atoms with Crippen LogP contribution < -0.4 is 10.2 Å². The molecule has 3 heterocycles. The normalized spacial score (nSPS) is 13.4. The Bertz CT molecular complexity index is 1090. The highest BCUT2D eigenvalue weighted by atomic mass is 16.6. The van der Waals surface area contributed by atoms with Crippen LogP contribution in [0.1, 0.15) is 11.1 Å². The van der Waals surface area contributed by atoms with Gasteiger partial charge in [-0.15, -0.1) is 0 Å². The molecule has 6 nitrogen and oxygen atoms in total. The Morgan fingerprint density at radius 2 is 2.00 bits per heavy atom. The van der Waals surface area contributed by atoms with E-state index in [1.807, 2.05) is 25.1 Å². The zero-order valence-electron chi connectivity index (χ0n) is 17.6. The Balaban J connectivity index is 1.72. The van der Waals surface area contributed by atoms with Crippen molar-refractivity contribution in [1.29, 1.82) is 0 Å². The van der Waals surface area contributed by atoms with E-state index in [1.165, 1.54) is 5.56 Å².